The Hall–Kier alpha value is -4.01. The highest BCUT2D eigenvalue weighted by Gasteiger charge is 2.24. The van der Waals surface area contributed by atoms with Crippen molar-refractivity contribution in [2.45, 2.75) is 32.9 Å². The van der Waals surface area contributed by atoms with Gasteiger partial charge in [0, 0.05) is 79.9 Å². The van der Waals surface area contributed by atoms with Gasteiger partial charge in [-0.3, -0.25) is 4.79 Å². The molecule has 8 nitrogen and oxygen atoms in total. The largest absolute Gasteiger partial charge is 0.388 e. The number of carbonyl (C=O) groups excluding carboxylic acids is 1. The van der Waals surface area contributed by atoms with Crippen molar-refractivity contribution in [2.75, 3.05) is 37.5 Å². The second-order valence-corrected chi connectivity index (χ2v) is 9.42. The fourth-order valence-electron chi connectivity index (χ4n) is 5.02. The lowest BCUT2D eigenvalue weighted by Gasteiger charge is -2.41. The predicted octanol–water partition coefficient (Wildman–Crippen LogP) is 5.11. The first-order valence-corrected chi connectivity index (χ1v) is 12.8. The number of hydrogen-bond donors (Lipinski definition) is 2. The van der Waals surface area contributed by atoms with Crippen molar-refractivity contribution in [1.82, 2.24) is 19.9 Å². The van der Waals surface area contributed by atoms with E-state index < -0.39 is 0 Å². The zero-order valence-corrected chi connectivity index (χ0v) is 22.7. The monoisotopic (exact) mass is 512 g/mol. The molecule has 2 unspecified atom stereocenters. The number of allylic oxidation sites excluding steroid dienone is 1. The van der Waals surface area contributed by atoms with Crippen LogP contribution in [0.1, 0.15) is 26.3 Å². The normalized spacial score (nSPS) is 17.3. The summed E-state index contributed by atoms with van der Waals surface area (Å²) in [6.45, 7) is 8.47. The Kier molecular flexibility index (Phi) is 8.89. The van der Waals surface area contributed by atoms with Crippen molar-refractivity contribution in [3.05, 3.63) is 72.7 Å². The lowest BCUT2D eigenvalue weighted by molar-refractivity contribution is -0.105. The zero-order valence-electron chi connectivity index (χ0n) is 22.7. The van der Waals surface area contributed by atoms with Gasteiger partial charge in [0.2, 0.25) is 6.41 Å². The Labute approximate surface area is 224 Å². The van der Waals surface area contributed by atoms with Crippen molar-refractivity contribution < 1.29 is 9.53 Å². The maximum Gasteiger partial charge on any atom is 0.211 e. The Morgan fingerprint density at radius 2 is 1.71 bits per heavy atom. The number of nitrogens with one attached hydrogen (secondary N) is 2. The Morgan fingerprint density at radius 3 is 2.37 bits per heavy atom. The van der Waals surface area contributed by atoms with Gasteiger partial charge in [0.1, 0.15) is 0 Å². The van der Waals surface area contributed by atoms with E-state index in [2.05, 4.69) is 63.5 Å². The van der Waals surface area contributed by atoms with Gasteiger partial charge in [-0.2, -0.15) is 5.10 Å². The molecule has 1 aliphatic heterocycles. The number of methoxy groups -OCH3 is 1. The molecule has 4 aromatic rings. The van der Waals surface area contributed by atoms with Crippen molar-refractivity contribution in [3.8, 4) is 22.3 Å². The second kappa shape index (κ2) is 12.5. The van der Waals surface area contributed by atoms with Crippen LogP contribution in [0.5, 0.6) is 0 Å². The second-order valence-electron chi connectivity index (χ2n) is 9.42. The van der Waals surface area contributed by atoms with Crippen LogP contribution in [-0.2, 0) is 9.53 Å². The molecular weight excluding hydrogens is 476 g/mol. The number of fused-ring (bicyclic) bond motifs is 1. The summed E-state index contributed by atoms with van der Waals surface area (Å²) in [6.07, 6.45) is 10.4. The van der Waals surface area contributed by atoms with Crippen LogP contribution in [0.2, 0.25) is 0 Å². The quantitative estimate of drug-likeness (QED) is 0.349. The smallest absolute Gasteiger partial charge is 0.211 e. The number of aromatic nitrogens is 3. The lowest BCUT2D eigenvalue weighted by atomic mass is 9.99. The first-order valence-electron chi connectivity index (χ1n) is 12.8. The summed E-state index contributed by atoms with van der Waals surface area (Å²) in [5.41, 5.74) is 7.67. The third-order valence-electron chi connectivity index (χ3n) is 6.63. The molecule has 0 radical (unpaired) electrons. The first kappa shape index (κ1) is 27.0. The molecule has 2 atom stereocenters. The van der Waals surface area contributed by atoms with E-state index in [0.717, 1.165) is 52.2 Å². The minimum absolute atomic E-state index is 0.456. The van der Waals surface area contributed by atoms with E-state index in [0.29, 0.717) is 18.5 Å². The molecule has 5 rings (SSSR count). The van der Waals surface area contributed by atoms with Gasteiger partial charge in [0.15, 0.2) is 5.65 Å². The Morgan fingerprint density at radius 1 is 1.00 bits per heavy atom. The number of nitrogens with zero attached hydrogens (tertiary/aromatic N) is 4. The van der Waals surface area contributed by atoms with Gasteiger partial charge < -0.3 is 20.3 Å². The standard InChI is InChI=1S/C28H30N6O.C2H6O/c1-4-6-25-24(7-5-8-27(25)31-18-35)26-16-32-33-17-22(15-30-28(26)33)21-9-11-23(12-10-21)34-19(2)13-29-14-20(34)3;1-3-2/h4-12,15-20,29H,13-14H2,1-3H3,(H,31,35);1-2H3/b6-4-;. The molecule has 8 heteroatoms. The predicted molar refractivity (Wildman–Crippen MR) is 155 cm³/mol. The fourth-order valence-corrected chi connectivity index (χ4v) is 5.02. The maximum absolute atomic E-state index is 11.1. The summed E-state index contributed by atoms with van der Waals surface area (Å²) in [5.74, 6) is 0. The molecule has 0 saturated carbocycles. The number of benzene rings is 2. The van der Waals surface area contributed by atoms with Gasteiger partial charge in [-0.15, -0.1) is 0 Å². The summed E-state index contributed by atoms with van der Waals surface area (Å²) in [7, 11) is 3.25. The van der Waals surface area contributed by atoms with E-state index in [1.54, 1.807) is 14.2 Å². The molecule has 0 aliphatic carbocycles. The molecule has 1 fully saturated rings. The van der Waals surface area contributed by atoms with Crippen LogP contribution in [0.4, 0.5) is 11.4 Å². The molecular formula is C30H36N6O2. The fraction of sp³-hybridized carbons (Fsp3) is 0.300. The summed E-state index contributed by atoms with van der Waals surface area (Å²) >= 11 is 0. The number of piperazine rings is 1. The van der Waals surface area contributed by atoms with Gasteiger partial charge in [-0.05, 0) is 50.1 Å². The SMILES string of the molecule is C/C=C\c1c(NC=O)cccc1-c1cnn2cc(-c3ccc(N4C(C)CNCC4C)cc3)cnc12.COC. The minimum atomic E-state index is 0.456. The first-order chi connectivity index (χ1) is 18.5. The summed E-state index contributed by atoms with van der Waals surface area (Å²) < 4.78 is 6.07. The number of rotatable bonds is 6. The number of amides is 1. The van der Waals surface area contributed by atoms with E-state index in [1.807, 2.05) is 60.4 Å². The van der Waals surface area contributed by atoms with E-state index in [-0.39, 0.29) is 0 Å². The van der Waals surface area contributed by atoms with Crippen molar-refractivity contribution >= 4 is 29.5 Å². The maximum atomic E-state index is 11.1. The molecule has 3 heterocycles. The highest BCUT2D eigenvalue weighted by atomic mass is 16.4. The van der Waals surface area contributed by atoms with E-state index >= 15 is 0 Å². The van der Waals surface area contributed by atoms with Crippen LogP contribution >= 0.6 is 0 Å². The number of anilines is 2. The van der Waals surface area contributed by atoms with Gasteiger partial charge in [-0.25, -0.2) is 9.50 Å². The van der Waals surface area contributed by atoms with Crippen LogP contribution < -0.4 is 15.5 Å². The van der Waals surface area contributed by atoms with Gasteiger partial charge in [-0.1, -0.05) is 36.4 Å². The Bertz CT molecular complexity index is 1390. The van der Waals surface area contributed by atoms with Crippen molar-refractivity contribution in [2.24, 2.45) is 0 Å². The molecule has 0 spiro atoms. The van der Waals surface area contributed by atoms with Crippen molar-refractivity contribution in [3.63, 3.8) is 0 Å². The third kappa shape index (κ3) is 5.61. The van der Waals surface area contributed by atoms with Gasteiger partial charge >= 0.3 is 0 Å². The summed E-state index contributed by atoms with van der Waals surface area (Å²) in [4.78, 5) is 18.3. The zero-order chi connectivity index (χ0) is 27.1. The summed E-state index contributed by atoms with van der Waals surface area (Å²) in [6, 6.07) is 15.4. The molecule has 2 aromatic carbocycles. The van der Waals surface area contributed by atoms with Crippen LogP contribution in [0, 0.1) is 0 Å². The molecule has 2 aromatic heterocycles. The highest BCUT2D eigenvalue weighted by molar-refractivity contribution is 5.91. The van der Waals surface area contributed by atoms with Crippen LogP contribution in [-0.4, -0.2) is 60.4 Å². The minimum Gasteiger partial charge on any atom is -0.388 e. The average molecular weight is 513 g/mol. The number of ether oxygens (including phenoxy) is 1. The molecule has 38 heavy (non-hydrogen) atoms. The molecule has 1 saturated heterocycles. The topological polar surface area (TPSA) is 83.8 Å². The third-order valence-corrected chi connectivity index (χ3v) is 6.63. The van der Waals surface area contributed by atoms with E-state index in [1.165, 1.54) is 5.69 Å². The van der Waals surface area contributed by atoms with Crippen LogP contribution in [0.15, 0.2) is 67.1 Å². The molecule has 0 bridgehead atoms. The molecule has 198 valence electrons. The van der Waals surface area contributed by atoms with Gasteiger partial charge in [0.05, 0.1) is 6.20 Å². The van der Waals surface area contributed by atoms with Gasteiger partial charge in [0.25, 0.3) is 0 Å². The molecule has 2 N–H and O–H groups in total. The Balaban J connectivity index is 0.00000107. The highest BCUT2D eigenvalue weighted by Crippen LogP contribution is 2.33. The number of carbonyl (C=O) groups is 1. The number of hydrogen-bond acceptors (Lipinski definition) is 6. The average Bonchev–Trinajstić information content (AvgIpc) is 3.34. The van der Waals surface area contributed by atoms with E-state index in [9.17, 15) is 4.79 Å². The summed E-state index contributed by atoms with van der Waals surface area (Å²) in [5, 5.41) is 10.9. The lowest BCUT2D eigenvalue weighted by Crippen LogP contribution is -2.55. The van der Waals surface area contributed by atoms with E-state index in [4.69, 9.17) is 4.98 Å². The molecule has 1 aliphatic rings. The molecule has 1 amide bonds. The van der Waals surface area contributed by atoms with Crippen LogP contribution in [0.3, 0.4) is 0 Å². The van der Waals surface area contributed by atoms with Crippen molar-refractivity contribution in [1.29, 1.82) is 0 Å². The van der Waals surface area contributed by atoms with Crippen LogP contribution in [0.25, 0.3) is 34.0 Å².